The number of nitrogens with zero attached hydrogens (tertiary/aromatic N) is 2. The van der Waals surface area contributed by atoms with Crippen molar-refractivity contribution >= 4 is 29.9 Å². The number of hydrogen-bond acceptors (Lipinski definition) is 3. The zero-order chi connectivity index (χ0) is 17.9. The Morgan fingerprint density at radius 3 is 2.62 bits per heavy atom. The molecule has 0 fully saturated rings. The number of rotatable bonds is 8. The monoisotopic (exact) mass is 468 g/mol. The Kier molecular flexibility index (Phi) is 10.7. The second-order valence-corrected chi connectivity index (χ2v) is 5.79. The molecule has 0 saturated heterocycles. The van der Waals surface area contributed by atoms with E-state index >= 15 is 0 Å². The largest absolute Gasteiger partial charge is 0.477 e. The molecule has 1 aromatic carbocycles. The van der Waals surface area contributed by atoms with Gasteiger partial charge in [0.1, 0.15) is 0 Å². The maximum Gasteiger partial charge on any atom is 0.218 e. The number of halogens is 1. The predicted octanol–water partition coefficient (Wildman–Crippen LogP) is 4.30. The first-order valence-electron chi connectivity index (χ1n) is 8.91. The van der Waals surface area contributed by atoms with E-state index in [1.807, 2.05) is 30.3 Å². The van der Waals surface area contributed by atoms with Gasteiger partial charge in [-0.05, 0) is 31.9 Å². The minimum Gasteiger partial charge on any atom is -0.477 e. The van der Waals surface area contributed by atoms with Gasteiger partial charge >= 0.3 is 0 Å². The van der Waals surface area contributed by atoms with E-state index in [-0.39, 0.29) is 30.0 Å². The lowest BCUT2D eigenvalue weighted by molar-refractivity contribution is 0.302. The quantitative estimate of drug-likeness (QED) is 0.345. The van der Waals surface area contributed by atoms with E-state index in [9.17, 15) is 0 Å². The summed E-state index contributed by atoms with van der Waals surface area (Å²) in [5.74, 6) is 1.45. The van der Waals surface area contributed by atoms with Gasteiger partial charge < -0.3 is 15.4 Å². The van der Waals surface area contributed by atoms with E-state index < -0.39 is 0 Å². The maximum absolute atomic E-state index is 5.71. The van der Waals surface area contributed by atoms with E-state index in [0.29, 0.717) is 19.0 Å². The fraction of sp³-hybridized carbons (Fsp3) is 0.400. The Labute approximate surface area is 173 Å². The van der Waals surface area contributed by atoms with Gasteiger partial charge in [-0.15, -0.1) is 24.0 Å². The van der Waals surface area contributed by atoms with Crippen LogP contribution in [0.1, 0.15) is 44.4 Å². The Morgan fingerprint density at radius 1 is 1.15 bits per heavy atom. The number of nitrogens with one attached hydrogen (secondary N) is 2. The second kappa shape index (κ2) is 12.5. The van der Waals surface area contributed by atoms with E-state index in [0.717, 1.165) is 24.5 Å². The zero-order valence-corrected chi connectivity index (χ0v) is 18.1. The molecule has 2 aromatic rings. The summed E-state index contributed by atoms with van der Waals surface area (Å²) >= 11 is 0. The normalized spacial score (nSPS) is 12.0. The maximum atomic E-state index is 5.71. The van der Waals surface area contributed by atoms with Crippen LogP contribution in [0.4, 0.5) is 0 Å². The first kappa shape index (κ1) is 22.2. The molecule has 0 aliphatic rings. The predicted molar refractivity (Wildman–Crippen MR) is 118 cm³/mol. The molecule has 1 atom stereocenters. The Morgan fingerprint density at radius 2 is 1.92 bits per heavy atom. The van der Waals surface area contributed by atoms with Crippen LogP contribution < -0.4 is 15.4 Å². The first-order valence-corrected chi connectivity index (χ1v) is 8.91. The van der Waals surface area contributed by atoms with Gasteiger partial charge in [0.2, 0.25) is 5.88 Å². The summed E-state index contributed by atoms with van der Waals surface area (Å²) in [7, 11) is 0. The molecule has 2 rings (SSSR count). The molecule has 0 spiro atoms. The minimum absolute atomic E-state index is 0. The lowest BCUT2D eigenvalue weighted by atomic mass is 10.1. The number of aliphatic imine (C=N–C) groups is 1. The molecule has 0 amide bonds. The van der Waals surface area contributed by atoms with Crippen LogP contribution in [0.2, 0.25) is 0 Å². The molecule has 1 aromatic heterocycles. The molecule has 0 saturated carbocycles. The molecule has 5 nitrogen and oxygen atoms in total. The lowest BCUT2D eigenvalue weighted by Crippen LogP contribution is -2.38. The van der Waals surface area contributed by atoms with Crippen molar-refractivity contribution in [2.75, 3.05) is 13.2 Å². The van der Waals surface area contributed by atoms with Crippen LogP contribution in [0.3, 0.4) is 0 Å². The van der Waals surface area contributed by atoms with Gasteiger partial charge in [0, 0.05) is 18.3 Å². The van der Waals surface area contributed by atoms with Crippen molar-refractivity contribution < 1.29 is 4.74 Å². The molecule has 0 aliphatic heterocycles. The summed E-state index contributed by atoms with van der Waals surface area (Å²) in [6.07, 6.45) is 2.71. The van der Waals surface area contributed by atoms with Gasteiger partial charge in [-0.2, -0.15) is 0 Å². The van der Waals surface area contributed by atoms with E-state index in [1.165, 1.54) is 5.56 Å². The standard InChI is InChI=1S/C20H28N4O.HI/c1-4-14-25-19-18(12-9-13-22-19)15-23-20(21-5-2)24-16(3)17-10-7-6-8-11-17;/h6-13,16H,4-5,14-15H2,1-3H3,(H2,21,23,24);1H. The molecule has 6 heteroatoms. The van der Waals surface area contributed by atoms with Gasteiger partial charge in [-0.1, -0.05) is 43.3 Å². The van der Waals surface area contributed by atoms with Crippen molar-refractivity contribution in [3.8, 4) is 5.88 Å². The minimum atomic E-state index is 0. The van der Waals surface area contributed by atoms with Gasteiger partial charge in [0.25, 0.3) is 0 Å². The molecule has 26 heavy (non-hydrogen) atoms. The van der Waals surface area contributed by atoms with E-state index in [1.54, 1.807) is 6.20 Å². The number of hydrogen-bond donors (Lipinski definition) is 2. The smallest absolute Gasteiger partial charge is 0.218 e. The number of ether oxygens (including phenoxy) is 1. The summed E-state index contributed by atoms with van der Waals surface area (Å²) in [5.41, 5.74) is 2.21. The number of pyridine rings is 1. The summed E-state index contributed by atoms with van der Waals surface area (Å²) in [4.78, 5) is 9.01. The molecular formula is C20H29IN4O. The van der Waals surface area contributed by atoms with Gasteiger partial charge in [-0.3, -0.25) is 0 Å². The summed E-state index contributed by atoms with van der Waals surface area (Å²) in [5, 5.41) is 6.74. The molecule has 0 aliphatic carbocycles. The second-order valence-electron chi connectivity index (χ2n) is 5.79. The van der Waals surface area contributed by atoms with Gasteiger partial charge in [0.05, 0.1) is 19.2 Å². The third-order valence-electron chi connectivity index (χ3n) is 3.70. The average molecular weight is 468 g/mol. The van der Waals surface area contributed by atoms with Crippen molar-refractivity contribution in [2.24, 2.45) is 4.99 Å². The van der Waals surface area contributed by atoms with Crippen LogP contribution in [0, 0.1) is 0 Å². The van der Waals surface area contributed by atoms with Crippen LogP contribution in [-0.4, -0.2) is 24.1 Å². The lowest BCUT2D eigenvalue weighted by Gasteiger charge is -2.18. The summed E-state index contributed by atoms with van der Waals surface area (Å²) in [6.45, 7) is 8.26. The highest BCUT2D eigenvalue weighted by Gasteiger charge is 2.08. The van der Waals surface area contributed by atoms with E-state index in [4.69, 9.17) is 9.73 Å². The Bertz CT molecular complexity index is 664. The molecule has 1 heterocycles. The molecule has 1 unspecified atom stereocenters. The third kappa shape index (κ3) is 7.19. The molecule has 2 N–H and O–H groups in total. The van der Waals surface area contributed by atoms with Crippen LogP contribution in [0.15, 0.2) is 53.7 Å². The molecule has 0 radical (unpaired) electrons. The first-order chi connectivity index (χ1) is 12.2. The van der Waals surface area contributed by atoms with Crippen LogP contribution in [0.5, 0.6) is 5.88 Å². The SMILES string of the molecule is CCCOc1ncccc1CN=C(NCC)NC(C)c1ccccc1.I. The molecular weight excluding hydrogens is 439 g/mol. The van der Waals surface area contributed by atoms with E-state index in [2.05, 4.69) is 48.5 Å². The van der Waals surface area contributed by atoms with Crippen molar-refractivity contribution in [1.82, 2.24) is 15.6 Å². The fourth-order valence-electron chi connectivity index (χ4n) is 2.39. The van der Waals surface area contributed by atoms with Crippen LogP contribution >= 0.6 is 24.0 Å². The van der Waals surface area contributed by atoms with Gasteiger partial charge in [0.15, 0.2) is 5.96 Å². The average Bonchev–Trinajstić information content (AvgIpc) is 2.66. The third-order valence-corrected chi connectivity index (χ3v) is 3.70. The fourth-order valence-corrected chi connectivity index (χ4v) is 2.39. The van der Waals surface area contributed by atoms with Crippen molar-refractivity contribution in [3.63, 3.8) is 0 Å². The van der Waals surface area contributed by atoms with Crippen molar-refractivity contribution in [1.29, 1.82) is 0 Å². The Hall–Kier alpha value is -1.83. The van der Waals surface area contributed by atoms with Crippen LogP contribution in [-0.2, 0) is 6.54 Å². The molecule has 142 valence electrons. The van der Waals surface area contributed by atoms with Crippen LogP contribution in [0.25, 0.3) is 0 Å². The zero-order valence-electron chi connectivity index (χ0n) is 15.7. The van der Waals surface area contributed by atoms with Crippen molar-refractivity contribution in [3.05, 3.63) is 59.8 Å². The summed E-state index contributed by atoms with van der Waals surface area (Å²) < 4.78 is 5.71. The number of aromatic nitrogens is 1. The topological polar surface area (TPSA) is 58.5 Å². The molecule has 0 bridgehead atoms. The highest BCUT2D eigenvalue weighted by Crippen LogP contribution is 2.16. The number of benzene rings is 1. The number of guanidine groups is 1. The van der Waals surface area contributed by atoms with Crippen molar-refractivity contribution in [2.45, 2.75) is 39.8 Å². The highest BCUT2D eigenvalue weighted by molar-refractivity contribution is 14.0. The summed E-state index contributed by atoms with van der Waals surface area (Å²) in [6, 6.07) is 14.4. The highest BCUT2D eigenvalue weighted by atomic mass is 127. The van der Waals surface area contributed by atoms with Gasteiger partial charge in [-0.25, -0.2) is 9.98 Å². The Balaban J connectivity index is 0.00000338.